The number of nitrogens with zero attached hydrogens (tertiary/aromatic N) is 2. The Morgan fingerprint density at radius 1 is 1.05 bits per heavy atom. The van der Waals surface area contributed by atoms with Gasteiger partial charge in [0.05, 0.1) is 6.54 Å². The monoisotopic (exact) mass is 340 g/mol. The second-order valence-electron chi connectivity index (χ2n) is 5.87. The number of amides is 2. The van der Waals surface area contributed by atoms with Gasteiger partial charge in [-0.05, 0) is 25.0 Å². The lowest BCUT2D eigenvalue weighted by molar-refractivity contribution is -0.121. The highest BCUT2D eigenvalue weighted by atomic mass is 35.5. The molecule has 1 heterocycles. The molecule has 2 fully saturated rings. The first-order valence-corrected chi connectivity index (χ1v) is 8.32. The van der Waals surface area contributed by atoms with Gasteiger partial charge in [-0.15, -0.1) is 0 Å². The zero-order valence-corrected chi connectivity index (χ0v) is 13.7. The van der Waals surface area contributed by atoms with Crippen LogP contribution in [0.25, 0.3) is 0 Å². The summed E-state index contributed by atoms with van der Waals surface area (Å²) in [5.74, 6) is 0.308. The van der Waals surface area contributed by atoms with Crippen molar-refractivity contribution in [3.05, 3.63) is 33.8 Å². The third kappa shape index (κ3) is 3.08. The van der Waals surface area contributed by atoms with Crippen molar-refractivity contribution in [3.8, 4) is 0 Å². The highest BCUT2D eigenvalue weighted by Gasteiger charge is 2.35. The Morgan fingerprint density at radius 3 is 2.32 bits per heavy atom. The van der Waals surface area contributed by atoms with E-state index in [0.717, 1.165) is 18.4 Å². The SMILES string of the molecule is O=C1CCC(N2CCN(Cc3c(Cl)cccc3Cl)C2=O)CC1. The van der Waals surface area contributed by atoms with Crippen molar-refractivity contribution in [1.82, 2.24) is 9.80 Å². The maximum absolute atomic E-state index is 12.6. The van der Waals surface area contributed by atoms with Gasteiger partial charge in [0, 0.05) is 47.6 Å². The van der Waals surface area contributed by atoms with E-state index in [1.807, 2.05) is 4.90 Å². The Kier molecular flexibility index (Phi) is 4.59. The number of carbonyl (C=O) groups excluding carboxylic acids is 2. The summed E-state index contributed by atoms with van der Waals surface area (Å²) in [7, 11) is 0. The lowest BCUT2D eigenvalue weighted by atomic mass is 9.93. The molecule has 1 saturated heterocycles. The largest absolute Gasteiger partial charge is 0.320 e. The molecule has 4 nitrogen and oxygen atoms in total. The Morgan fingerprint density at radius 2 is 1.68 bits per heavy atom. The molecule has 6 heteroatoms. The number of ketones is 1. The van der Waals surface area contributed by atoms with Crippen LogP contribution >= 0.6 is 23.2 Å². The molecule has 0 N–H and O–H groups in total. The predicted molar refractivity (Wildman–Crippen MR) is 86.2 cm³/mol. The first-order chi connectivity index (χ1) is 10.6. The zero-order valence-electron chi connectivity index (χ0n) is 12.2. The smallest absolute Gasteiger partial charge is 0.320 e. The van der Waals surface area contributed by atoms with E-state index in [-0.39, 0.29) is 12.1 Å². The van der Waals surface area contributed by atoms with Crippen LogP contribution in [0.5, 0.6) is 0 Å². The fourth-order valence-corrected chi connectivity index (χ4v) is 3.71. The predicted octanol–water partition coefficient (Wildman–Crippen LogP) is 3.74. The molecular weight excluding hydrogens is 323 g/mol. The van der Waals surface area contributed by atoms with E-state index >= 15 is 0 Å². The molecule has 0 unspecified atom stereocenters. The van der Waals surface area contributed by atoms with E-state index in [0.29, 0.717) is 48.3 Å². The number of halogens is 2. The van der Waals surface area contributed by atoms with E-state index in [4.69, 9.17) is 23.2 Å². The standard InChI is InChI=1S/C16H18Cl2N2O2/c17-14-2-1-3-15(18)13(14)10-19-8-9-20(16(19)22)11-4-6-12(21)7-5-11/h1-3,11H,4-10H2. The van der Waals surface area contributed by atoms with Gasteiger partial charge in [0.1, 0.15) is 5.78 Å². The summed E-state index contributed by atoms with van der Waals surface area (Å²) in [5.41, 5.74) is 0.792. The van der Waals surface area contributed by atoms with Crippen molar-refractivity contribution < 1.29 is 9.59 Å². The second kappa shape index (κ2) is 6.47. The summed E-state index contributed by atoms with van der Waals surface area (Å²) in [5, 5.41) is 1.17. The number of Topliss-reactive ketones (excluding diaryl/α,β-unsaturated/α-hetero) is 1. The molecule has 1 aliphatic heterocycles. The van der Waals surface area contributed by atoms with Gasteiger partial charge in [0.25, 0.3) is 0 Å². The summed E-state index contributed by atoms with van der Waals surface area (Å²) in [6, 6.07) is 5.58. The van der Waals surface area contributed by atoms with Gasteiger partial charge >= 0.3 is 6.03 Å². The topological polar surface area (TPSA) is 40.6 Å². The van der Waals surface area contributed by atoms with E-state index in [9.17, 15) is 9.59 Å². The molecule has 0 spiro atoms. The minimum atomic E-state index is 0.0235. The van der Waals surface area contributed by atoms with Gasteiger partial charge in [0.2, 0.25) is 0 Å². The maximum atomic E-state index is 12.6. The van der Waals surface area contributed by atoms with Crippen molar-refractivity contribution in [2.45, 2.75) is 38.3 Å². The van der Waals surface area contributed by atoms with Gasteiger partial charge < -0.3 is 9.80 Å². The van der Waals surface area contributed by atoms with Crippen LogP contribution in [0.15, 0.2) is 18.2 Å². The third-order valence-corrected chi connectivity index (χ3v) is 5.20. The Bertz CT molecular complexity index is 576. The van der Waals surface area contributed by atoms with Crippen LogP contribution < -0.4 is 0 Å². The highest BCUT2D eigenvalue weighted by Crippen LogP contribution is 2.29. The minimum Gasteiger partial charge on any atom is -0.320 e. The van der Waals surface area contributed by atoms with Crippen molar-refractivity contribution in [2.75, 3.05) is 13.1 Å². The Hall–Kier alpha value is -1.26. The van der Waals surface area contributed by atoms with E-state index in [1.54, 1.807) is 23.1 Å². The number of carbonyl (C=O) groups is 2. The number of benzene rings is 1. The normalized spacial score (nSPS) is 20.1. The van der Waals surface area contributed by atoms with Crippen LogP contribution in [0.4, 0.5) is 4.79 Å². The number of hydrogen-bond donors (Lipinski definition) is 0. The lowest BCUT2D eigenvalue weighted by Gasteiger charge is -2.30. The van der Waals surface area contributed by atoms with Gasteiger partial charge in [-0.1, -0.05) is 29.3 Å². The van der Waals surface area contributed by atoms with E-state index < -0.39 is 0 Å². The maximum Gasteiger partial charge on any atom is 0.320 e. The molecule has 1 aliphatic carbocycles. The average Bonchev–Trinajstić information content (AvgIpc) is 2.85. The van der Waals surface area contributed by atoms with Crippen molar-refractivity contribution in [2.24, 2.45) is 0 Å². The minimum absolute atomic E-state index is 0.0235. The Balaban J connectivity index is 1.67. The van der Waals surface area contributed by atoms with Crippen LogP contribution in [0.1, 0.15) is 31.2 Å². The molecule has 2 aliphatic rings. The van der Waals surface area contributed by atoms with Crippen LogP contribution in [0.3, 0.4) is 0 Å². The van der Waals surface area contributed by atoms with Crippen molar-refractivity contribution in [3.63, 3.8) is 0 Å². The number of hydrogen-bond acceptors (Lipinski definition) is 2. The molecule has 1 aromatic rings. The summed E-state index contributed by atoms with van der Waals surface area (Å²) >= 11 is 12.4. The summed E-state index contributed by atoms with van der Waals surface area (Å²) in [6.07, 6.45) is 2.74. The summed E-state index contributed by atoms with van der Waals surface area (Å²) < 4.78 is 0. The van der Waals surface area contributed by atoms with Crippen LogP contribution in [0, 0.1) is 0 Å². The van der Waals surface area contributed by atoms with Crippen molar-refractivity contribution >= 4 is 35.0 Å². The molecular formula is C16H18Cl2N2O2. The fraction of sp³-hybridized carbons (Fsp3) is 0.500. The number of urea groups is 1. The van der Waals surface area contributed by atoms with Gasteiger partial charge in [0.15, 0.2) is 0 Å². The van der Waals surface area contributed by atoms with Crippen molar-refractivity contribution in [1.29, 1.82) is 0 Å². The molecule has 3 rings (SSSR count). The highest BCUT2D eigenvalue weighted by molar-refractivity contribution is 6.36. The molecule has 1 aromatic carbocycles. The van der Waals surface area contributed by atoms with Gasteiger partial charge in [-0.2, -0.15) is 0 Å². The average molecular weight is 341 g/mol. The summed E-state index contributed by atoms with van der Waals surface area (Å²) in [6.45, 7) is 1.81. The number of rotatable bonds is 3. The Labute approximate surface area is 140 Å². The molecule has 0 atom stereocenters. The molecule has 0 radical (unpaired) electrons. The van der Waals surface area contributed by atoms with Crippen LogP contribution in [0.2, 0.25) is 10.0 Å². The van der Waals surface area contributed by atoms with E-state index in [2.05, 4.69) is 0 Å². The fourth-order valence-electron chi connectivity index (χ4n) is 3.20. The van der Waals surface area contributed by atoms with Crippen LogP contribution in [-0.4, -0.2) is 40.7 Å². The van der Waals surface area contributed by atoms with Gasteiger partial charge in [-0.25, -0.2) is 4.79 Å². The van der Waals surface area contributed by atoms with E-state index in [1.165, 1.54) is 0 Å². The molecule has 118 valence electrons. The molecule has 0 aromatic heterocycles. The summed E-state index contributed by atoms with van der Waals surface area (Å²) in [4.78, 5) is 27.6. The first-order valence-electron chi connectivity index (χ1n) is 7.56. The first kappa shape index (κ1) is 15.6. The molecule has 1 saturated carbocycles. The van der Waals surface area contributed by atoms with Crippen LogP contribution in [-0.2, 0) is 11.3 Å². The zero-order chi connectivity index (χ0) is 15.7. The van der Waals surface area contributed by atoms with Gasteiger partial charge in [-0.3, -0.25) is 4.79 Å². The second-order valence-corrected chi connectivity index (χ2v) is 6.68. The molecule has 22 heavy (non-hydrogen) atoms. The molecule has 0 bridgehead atoms. The quantitative estimate of drug-likeness (QED) is 0.840. The molecule has 2 amide bonds. The third-order valence-electron chi connectivity index (χ3n) is 4.49. The lowest BCUT2D eigenvalue weighted by Crippen LogP contribution is -2.41.